The molecule has 32 heavy (non-hydrogen) atoms. The minimum absolute atomic E-state index is 0.0545. The number of anilines is 2. The molecule has 0 unspecified atom stereocenters. The molecule has 0 fully saturated rings. The van der Waals surface area contributed by atoms with E-state index in [1.54, 1.807) is 18.2 Å². The second-order valence-electron chi connectivity index (χ2n) is 6.63. The van der Waals surface area contributed by atoms with Gasteiger partial charge in [-0.1, -0.05) is 30.3 Å². The van der Waals surface area contributed by atoms with E-state index in [-0.39, 0.29) is 5.69 Å². The van der Waals surface area contributed by atoms with E-state index in [9.17, 15) is 31.5 Å². The molecular formula is C22H16F5N3O2. The van der Waals surface area contributed by atoms with Crippen molar-refractivity contribution in [1.82, 2.24) is 5.32 Å². The van der Waals surface area contributed by atoms with Gasteiger partial charge in [0.05, 0.1) is 11.3 Å². The van der Waals surface area contributed by atoms with E-state index in [2.05, 4.69) is 16.0 Å². The highest BCUT2D eigenvalue weighted by atomic mass is 19.4. The molecule has 0 saturated carbocycles. The molecule has 3 aromatic rings. The third kappa shape index (κ3) is 5.81. The SMILES string of the molecule is O=C(Nc1ccc(C(F)(F)F)cc1)N[C@@H](C(=O)Nc1cc(F)ccc1F)c1ccccc1. The Kier molecular flexibility index (Phi) is 6.72. The molecule has 0 heterocycles. The Labute approximate surface area is 179 Å². The molecule has 3 N–H and O–H groups in total. The van der Waals surface area contributed by atoms with Crippen molar-refractivity contribution in [2.24, 2.45) is 0 Å². The topological polar surface area (TPSA) is 70.2 Å². The van der Waals surface area contributed by atoms with Gasteiger partial charge < -0.3 is 16.0 Å². The quantitative estimate of drug-likeness (QED) is 0.451. The van der Waals surface area contributed by atoms with Crippen LogP contribution in [0.2, 0.25) is 0 Å². The number of benzene rings is 3. The van der Waals surface area contributed by atoms with Gasteiger partial charge in [-0.3, -0.25) is 4.79 Å². The van der Waals surface area contributed by atoms with E-state index in [4.69, 9.17) is 0 Å². The molecule has 0 aliphatic heterocycles. The van der Waals surface area contributed by atoms with Crippen LogP contribution < -0.4 is 16.0 Å². The number of hydrogen-bond acceptors (Lipinski definition) is 2. The van der Waals surface area contributed by atoms with E-state index < -0.39 is 47.0 Å². The zero-order valence-electron chi connectivity index (χ0n) is 16.2. The molecule has 5 nitrogen and oxygen atoms in total. The molecule has 166 valence electrons. The lowest BCUT2D eigenvalue weighted by Crippen LogP contribution is -2.39. The predicted octanol–water partition coefficient (Wildman–Crippen LogP) is 5.49. The summed E-state index contributed by atoms with van der Waals surface area (Å²) in [6.07, 6.45) is -4.52. The summed E-state index contributed by atoms with van der Waals surface area (Å²) in [5.74, 6) is -2.50. The molecule has 0 aromatic heterocycles. The lowest BCUT2D eigenvalue weighted by atomic mass is 10.1. The van der Waals surface area contributed by atoms with Crippen molar-refractivity contribution < 1.29 is 31.5 Å². The molecule has 3 aromatic carbocycles. The van der Waals surface area contributed by atoms with Crippen LogP contribution in [0.1, 0.15) is 17.2 Å². The lowest BCUT2D eigenvalue weighted by Gasteiger charge is -2.19. The zero-order valence-corrected chi connectivity index (χ0v) is 16.2. The molecular weight excluding hydrogens is 433 g/mol. The molecule has 0 saturated heterocycles. The van der Waals surface area contributed by atoms with Crippen LogP contribution in [-0.2, 0) is 11.0 Å². The largest absolute Gasteiger partial charge is 0.416 e. The smallest absolute Gasteiger partial charge is 0.322 e. The first-order chi connectivity index (χ1) is 15.1. The van der Waals surface area contributed by atoms with Crippen LogP contribution in [0.15, 0.2) is 72.8 Å². The molecule has 10 heteroatoms. The Balaban J connectivity index is 1.76. The van der Waals surface area contributed by atoms with Crippen LogP contribution in [-0.4, -0.2) is 11.9 Å². The van der Waals surface area contributed by atoms with E-state index in [1.807, 2.05) is 0 Å². The summed E-state index contributed by atoms with van der Waals surface area (Å²) in [6, 6.07) is 12.0. The average molecular weight is 449 g/mol. The van der Waals surface area contributed by atoms with Crippen LogP contribution in [0, 0.1) is 11.6 Å². The summed E-state index contributed by atoms with van der Waals surface area (Å²) < 4.78 is 65.3. The summed E-state index contributed by atoms with van der Waals surface area (Å²) in [5, 5.41) is 6.93. The van der Waals surface area contributed by atoms with Crippen molar-refractivity contribution in [3.05, 3.63) is 95.6 Å². The monoisotopic (exact) mass is 449 g/mol. The van der Waals surface area contributed by atoms with E-state index in [0.717, 1.165) is 42.5 Å². The molecule has 0 aliphatic rings. The van der Waals surface area contributed by atoms with Crippen LogP contribution in [0.3, 0.4) is 0 Å². The van der Waals surface area contributed by atoms with Crippen molar-refractivity contribution in [3.8, 4) is 0 Å². The normalized spacial score (nSPS) is 12.0. The summed E-state index contributed by atoms with van der Waals surface area (Å²) in [6.45, 7) is 0. The van der Waals surface area contributed by atoms with Gasteiger partial charge in [0.15, 0.2) is 0 Å². The highest BCUT2D eigenvalue weighted by Gasteiger charge is 2.30. The Morgan fingerprint density at radius 1 is 0.812 bits per heavy atom. The van der Waals surface area contributed by atoms with Gasteiger partial charge in [0.25, 0.3) is 5.91 Å². The minimum Gasteiger partial charge on any atom is -0.322 e. The first-order valence-electron chi connectivity index (χ1n) is 9.19. The molecule has 1 atom stereocenters. The van der Waals surface area contributed by atoms with Crippen LogP contribution >= 0.6 is 0 Å². The van der Waals surface area contributed by atoms with E-state index >= 15 is 0 Å². The van der Waals surface area contributed by atoms with Crippen molar-refractivity contribution in [1.29, 1.82) is 0 Å². The van der Waals surface area contributed by atoms with Crippen molar-refractivity contribution in [3.63, 3.8) is 0 Å². The number of amides is 3. The van der Waals surface area contributed by atoms with Crippen molar-refractivity contribution in [2.75, 3.05) is 10.6 Å². The fourth-order valence-electron chi connectivity index (χ4n) is 2.78. The zero-order chi connectivity index (χ0) is 23.3. The van der Waals surface area contributed by atoms with Crippen molar-refractivity contribution in [2.45, 2.75) is 12.2 Å². The fraction of sp³-hybridized carbons (Fsp3) is 0.0909. The third-order valence-electron chi connectivity index (χ3n) is 4.33. The second-order valence-corrected chi connectivity index (χ2v) is 6.63. The number of halogens is 5. The average Bonchev–Trinajstić information content (AvgIpc) is 2.75. The number of hydrogen-bond donors (Lipinski definition) is 3. The van der Waals surface area contributed by atoms with E-state index in [1.165, 1.54) is 12.1 Å². The Morgan fingerprint density at radius 3 is 2.09 bits per heavy atom. The van der Waals surface area contributed by atoms with Gasteiger partial charge in [-0.15, -0.1) is 0 Å². The second kappa shape index (κ2) is 9.46. The summed E-state index contributed by atoms with van der Waals surface area (Å²) in [7, 11) is 0. The summed E-state index contributed by atoms with van der Waals surface area (Å²) in [4.78, 5) is 25.1. The van der Waals surface area contributed by atoms with Gasteiger partial charge in [-0.25, -0.2) is 13.6 Å². The number of urea groups is 1. The number of alkyl halides is 3. The summed E-state index contributed by atoms with van der Waals surface area (Å²) >= 11 is 0. The van der Waals surface area contributed by atoms with Crippen molar-refractivity contribution >= 4 is 23.3 Å². The Hall–Kier alpha value is -3.95. The van der Waals surface area contributed by atoms with Gasteiger partial charge in [0.2, 0.25) is 0 Å². The molecule has 0 bridgehead atoms. The Bertz CT molecular complexity index is 1100. The first-order valence-corrected chi connectivity index (χ1v) is 9.19. The Morgan fingerprint density at radius 2 is 1.47 bits per heavy atom. The van der Waals surface area contributed by atoms with Crippen LogP contribution in [0.25, 0.3) is 0 Å². The van der Waals surface area contributed by atoms with Gasteiger partial charge in [-0.2, -0.15) is 13.2 Å². The molecule has 0 spiro atoms. The number of carbonyl (C=O) groups is 2. The van der Waals surface area contributed by atoms with Gasteiger partial charge in [-0.05, 0) is 42.0 Å². The van der Waals surface area contributed by atoms with Gasteiger partial charge >= 0.3 is 12.2 Å². The number of carbonyl (C=O) groups excluding carboxylic acids is 2. The predicted molar refractivity (Wildman–Crippen MR) is 108 cm³/mol. The minimum atomic E-state index is -4.52. The highest BCUT2D eigenvalue weighted by Crippen LogP contribution is 2.29. The van der Waals surface area contributed by atoms with Crippen LogP contribution in [0.5, 0.6) is 0 Å². The summed E-state index contributed by atoms with van der Waals surface area (Å²) in [5.41, 5.74) is -0.911. The molecule has 3 rings (SSSR count). The van der Waals surface area contributed by atoms with E-state index in [0.29, 0.717) is 5.56 Å². The third-order valence-corrected chi connectivity index (χ3v) is 4.33. The highest BCUT2D eigenvalue weighted by molar-refractivity contribution is 5.99. The molecule has 0 aliphatic carbocycles. The molecule has 3 amide bonds. The van der Waals surface area contributed by atoms with Gasteiger partial charge in [0.1, 0.15) is 17.7 Å². The van der Waals surface area contributed by atoms with Gasteiger partial charge in [0, 0.05) is 11.8 Å². The van der Waals surface area contributed by atoms with Crippen LogP contribution in [0.4, 0.5) is 38.1 Å². The fourth-order valence-corrected chi connectivity index (χ4v) is 2.78. The lowest BCUT2D eigenvalue weighted by molar-refractivity contribution is -0.137. The maximum absolute atomic E-state index is 13.9. The maximum Gasteiger partial charge on any atom is 0.416 e. The standard InChI is InChI=1S/C22H16F5N3O2/c23-15-8-11-17(24)18(12-15)29-20(31)19(13-4-2-1-3-5-13)30-21(32)28-16-9-6-14(7-10-16)22(25,26)27/h1-12,19H,(H,29,31)(H2,28,30,32)/t19-/m1/s1. The molecule has 0 radical (unpaired) electrons. The maximum atomic E-state index is 13.9. The first kappa shape index (κ1) is 22.7. The number of rotatable bonds is 5. The number of nitrogens with one attached hydrogen (secondary N) is 3.